The number of aromatic hydroxyl groups is 1. The molecule has 0 radical (unpaired) electrons. The van der Waals surface area contributed by atoms with Crippen LogP contribution in [0, 0.1) is 0 Å². The molecule has 2 aromatic rings. The largest absolute Gasteiger partial charge is 0.508 e. The molecule has 108 valence electrons. The summed E-state index contributed by atoms with van der Waals surface area (Å²) < 4.78 is 4.97. The maximum Gasteiger partial charge on any atom is 0.194 e. The van der Waals surface area contributed by atoms with Crippen molar-refractivity contribution in [3.63, 3.8) is 0 Å². The van der Waals surface area contributed by atoms with Gasteiger partial charge < -0.3 is 32.2 Å². The van der Waals surface area contributed by atoms with E-state index in [0.29, 0.717) is 22.8 Å². The number of hydrogen-bond donors (Lipinski definition) is 5. The van der Waals surface area contributed by atoms with E-state index in [1.807, 2.05) is 0 Å². The number of phenolic OH excluding ortho intramolecular Hbond substituents is 1. The summed E-state index contributed by atoms with van der Waals surface area (Å²) in [6.07, 6.45) is -0.865. The van der Waals surface area contributed by atoms with Crippen LogP contribution in [0.3, 0.4) is 0 Å². The predicted molar refractivity (Wildman–Crippen MR) is 80.1 cm³/mol. The molecule has 8 N–H and O–H groups in total. The summed E-state index contributed by atoms with van der Waals surface area (Å²) in [4.78, 5) is 0. The van der Waals surface area contributed by atoms with Gasteiger partial charge in [-0.15, -0.1) is 0 Å². The molecular formula is C14H19N3O3. The molecule has 0 aliphatic heterocycles. The van der Waals surface area contributed by atoms with Gasteiger partial charge >= 0.3 is 0 Å². The summed E-state index contributed by atoms with van der Waals surface area (Å²) in [5, 5.41) is 17.6. The van der Waals surface area contributed by atoms with Gasteiger partial charge in [-0.1, -0.05) is 0 Å². The highest BCUT2D eigenvalue weighted by Crippen LogP contribution is 2.23. The Morgan fingerprint density at radius 1 is 0.950 bits per heavy atom. The van der Waals surface area contributed by atoms with Crippen molar-refractivity contribution in [2.45, 2.75) is 13.2 Å². The second-order valence-corrected chi connectivity index (χ2v) is 4.11. The first kappa shape index (κ1) is 15.5. The number of aliphatic hydroxyl groups is 1. The van der Waals surface area contributed by atoms with E-state index in [1.165, 1.54) is 6.92 Å². The molecule has 6 heteroatoms. The van der Waals surface area contributed by atoms with E-state index in [-0.39, 0.29) is 5.75 Å². The van der Waals surface area contributed by atoms with Crippen LogP contribution in [0.4, 0.5) is 17.1 Å². The first-order chi connectivity index (χ1) is 9.38. The summed E-state index contributed by atoms with van der Waals surface area (Å²) in [5.41, 5.74) is 18.0. The highest BCUT2D eigenvalue weighted by atomic mass is 16.6. The van der Waals surface area contributed by atoms with E-state index in [1.54, 1.807) is 42.5 Å². The lowest BCUT2D eigenvalue weighted by atomic mass is 10.2. The van der Waals surface area contributed by atoms with Crippen LogP contribution in [-0.4, -0.2) is 16.5 Å². The molecule has 0 aromatic heterocycles. The van der Waals surface area contributed by atoms with Gasteiger partial charge in [0.15, 0.2) is 6.29 Å². The minimum Gasteiger partial charge on any atom is -0.508 e. The second-order valence-electron chi connectivity index (χ2n) is 4.11. The van der Waals surface area contributed by atoms with Gasteiger partial charge in [-0.2, -0.15) is 0 Å². The Morgan fingerprint density at radius 2 is 1.50 bits per heavy atom. The number of rotatable bonds is 2. The first-order valence-electron chi connectivity index (χ1n) is 5.92. The Morgan fingerprint density at radius 3 is 1.95 bits per heavy atom. The van der Waals surface area contributed by atoms with E-state index in [2.05, 4.69) is 0 Å². The van der Waals surface area contributed by atoms with Gasteiger partial charge in [-0.05, 0) is 49.4 Å². The number of aliphatic hydroxyl groups excluding tert-OH is 1. The van der Waals surface area contributed by atoms with Crippen molar-refractivity contribution in [2.24, 2.45) is 0 Å². The molecule has 0 bridgehead atoms. The molecule has 6 nitrogen and oxygen atoms in total. The monoisotopic (exact) mass is 277 g/mol. The van der Waals surface area contributed by atoms with E-state index >= 15 is 0 Å². The van der Waals surface area contributed by atoms with Gasteiger partial charge in [-0.25, -0.2) is 0 Å². The lowest BCUT2D eigenvalue weighted by Gasteiger charge is -2.10. The second kappa shape index (κ2) is 7.10. The molecule has 1 unspecified atom stereocenters. The van der Waals surface area contributed by atoms with Crippen molar-refractivity contribution >= 4 is 17.1 Å². The van der Waals surface area contributed by atoms with Crippen molar-refractivity contribution in [1.82, 2.24) is 0 Å². The van der Waals surface area contributed by atoms with Crippen LogP contribution in [-0.2, 0) is 0 Å². The van der Waals surface area contributed by atoms with Gasteiger partial charge in [0.1, 0.15) is 11.5 Å². The van der Waals surface area contributed by atoms with E-state index < -0.39 is 6.29 Å². The number of benzene rings is 2. The zero-order valence-corrected chi connectivity index (χ0v) is 11.2. The molecule has 0 fully saturated rings. The number of phenols is 1. The van der Waals surface area contributed by atoms with Crippen molar-refractivity contribution in [1.29, 1.82) is 0 Å². The molecule has 0 saturated heterocycles. The van der Waals surface area contributed by atoms with E-state index in [4.69, 9.17) is 32.2 Å². The highest BCUT2D eigenvalue weighted by molar-refractivity contribution is 5.60. The van der Waals surface area contributed by atoms with E-state index in [0.717, 1.165) is 0 Å². The molecule has 0 heterocycles. The number of ether oxygens (including phenoxy) is 1. The minimum absolute atomic E-state index is 0.249. The smallest absolute Gasteiger partial charge is 0.194 e. The summed E-state index contributed by atoms with van der Waals surface area (Å²) in [6.45, 7) is 1.51. The zero-order valence-electron chi connectivity index (χ0n) is 11.2. The van der Waals surface area contributed by atoms with Crippen LogP contribution in [0.25, 0.3) is 0 Å². The molecule has 1 atom stereocenters. The van der Waals surface area contributed by atoms with Crippen LogP contribution in [0.5, 0.6) is 11.5 Å². The fraction of sp³-hybridized carbons (Fsp3) is 0.143. The van der Waals surface area contributed by atoms with Crippen molar-refractivity contribution < 1.29 is 14.9 Å². The number of anilines is 3. The fourth-order valence-corrected chi connectivity index (χ4v) is 1.33. The number of hydrogen-bond acceptors (Lipinski definition) is 6. The lowest BCUT2D eigenvalue weighted by Crippen LogP contribution is -2.10. The molecule has 0 saturated carbocycles. The van der Waals surface area contributed by atoms with Crippen molar-refractivity contribution in [3.05, 3.63) is 42.5 Å². The topological polar surface area (TPSA) is 128 Å². The van der Waals surface area contributed by atoms with Gasteiger partial charge in [0.05, 0.1) is 5.69 Å². The summed E-state index contributed by atoms with van der Waals surface area (Å²) in [6, 6.07) is 11.3. The van der Waals surface area contributed by atoms with Crippen LogP contribution in [0.2, 0.25) is 0 Å². The zero-order chi connectivity index (χ0) is 15.1. The average Bonchev–Trinajstić information content (AvgIpc) is 2.37. The third kappa shape index (κ3) is 5.36. The van der Waals surface area contributed by atoms with Gasteiger partial charge in [0, 0.05) is 11.4 Å². The molecule has 2 rings (SSSR count). The van der Waals surface area contributed by atoms with Gasteiger partial charge in [0.2, 0.25) is 0 Å². The predicted octanol–water partition coefficient (Wildman–Crippen LogP) is 1.54. The van der Waals surface area contributed by atoms with Crippen LogP contribution >= 0.6 is 0 Å². The number of nitrogens with two attached hydrogens (primary N) is 3. The molecular weight excluding hydrogens is 258 g/mol. The van der Waals surface area contributed by atoms with Gasteiger partial charge in [0.25, 0.3) is 0 Å². The summed E-state index contributed by atoms with van der Waals surface area (Å²) >= 11 is 0. The Bertz CT molecular complexity index is 521. The average molecular weight is 277 g/mol. The van der Waals surface area contributed by atoms with Crippen LogP contribution in [0.15, 0.2) is 42.5 Å². The molecule has 20 heavy (non-hydrogen) atoms. The Labute approximate surface area is 117 Å². The highest BCUT2D eigenvalue weighted by Gasteiger charge is 2.02. The normalized spacial score (nSPS) is 11.1. The Balaban J connectivity index is 0.000000217. The Hall–Kier alpha value is -2.60. The summed E-state index contributed by atoms with van der Waals surface area (Å²) in [5.74, 6) is 0.693. The van der Waals surface area contributed by atoms with Crippen molar-refractivity contribution in [3.8, 4) is 11.5 Å². The molecule has 0 spiro atoms. The first-order valence-corrected chi connectivity index (χ1v) is 5.92. The van der Waals surface area contributed by atoms with Gasteiger partial charge in [-0.3, -0.25) is 0 Å². The lowest BCUT2D eigenvalue weighted by molar-refractivity contribution is 0.000282. The van der Waals surface area contributed by atoms with E-state index in [9.17, 15) is 0 Å². The molecule has 2 aromatic carbocycles. The van der Waals surface area contributed by atoms with Crippen molar-refractivity contribution in [2.75, 3.05) is 17.2 Å². The maximum absolute atomic E-state index is 8.89. The quantitative estimate of drug-likeness (QED) is 0.322. The third-order valence-corrected chi connectivity index (χ3v) is 2.22. The molecule has 0 aliphatic carbocycles. The Kier molecular flexibility index (Phi) is 5.49. The van der Waals surface area contributed by atoms with Crippen LogP contribution < -0.4 is 21.9 Å². The molecule has 0 amide bonds. The SMILES string of the molecule is CC(O)Oc1ccc(N)cc1N.Nc1ccc(O)cc1. The number of nitrogen functional groups attached to an aromatic ring is 3. The standard InChI is InChI=1S/C8H12N2O2.C6H7NO/c1-5(11)12-8-3-2-6(9)4-7(8)10;7-5-1-3-6(8)4-2-5/h2-5,11H,9-10H2,1H3;1-4,8H,7H2. The van der Waals surface area contributed by atoms with Crippen LogP contribution in [0.1, 0.15) is 6.92 Å². The third-order valence-electron chi connectivity index (χ3n) is 2.22. The maximum atomic E-state index is 8.89. The summed E-state index contributed by atoms with van der Waals surface area (Å²) in [7, 11) is 0. The fourth-order valence-electron chi connectivity index (χ4n) is 1.33. The molecule has 0 aliphatic rings. The minimum atomic E-state index is -0.865.